The smallest absolute Gasteiger partial charge is 0.159 e. The van der Waals surface area contributed by atoms with Crippen LogP contribution in [0, 0.1) is 0 Å². The number of hydrogen-bond acceptors (Lipinski definition) is 2. The SMILES string of the molecule is CCC=C(C=CCN(c1ccc(C2C=CC=CC2)cc1)c1ccc2c(c1)C(C)(C)c1ccccc1-2)c1cccc2c1oc1c(-n3c4ccccc4c4cc5c(cc43)C(C)(C)c3ccccc3-5)cccc12. The lowest BCUT2D eigenvalue weighted by Crippen LogP contribution is -2.19. The molecule has 2 aromatic heterocycles. The number of furan rings is 1. The molecule has 340 valence electrons. The van der Waals surface area contributed by atoms with Crippen LogP contribution in [0.1, 0.15) is 86.8 Å². The number of benzene rings is 8. The van der Waals surface area contributed by atoms with Gasteiger partial charge in [-0.15, -0.1) is 0 Å². The predicted molar refractivity (Wildman–Crippen MR) is 296 cm³/mol. The van der Waals surface area contributed by atoms with Crippen molar-refractivity contribution in [3.8, 4) is 27.9 Å². The Morgan fingerprint density at radius 1 is 0.586 bits per heavy atom. The molecule has 3 aliphatic carbocycles. The van der Waals surface area contributed by atoms with Crippen molar-refractivity contribution in [2.75, 3.05) is 11.4 Å². The molecule has 8 aromatic carbocycles. The zero-order valence-corrected chi connectivity index (χ0v) is 40.6. The molecule has 0 saturated carbocycles. The van der Waals surface area contributed by atoms with Gasteiger partial charge in [0.05, 0.1) is 16.7 Å². The standard InChI is InChI=1S/C67H56N2O/c1-6-19-45(22-18-39-68(46-35-33-44(34-36-46)43-20-8-7-9-21-43)47-37-38-51-49-23-10-13-29-57(49)66(2,3)59(51)40-47)48-26-16-27-53-54-28-17-32-62(65(54)70-64(48)53)69-61-31-15-12-25-52(61)56-41-55-50-24-11-14-30-58(50)67(4,5)60(55)42-63(56)69/h7-20,22-38,40-43H,6,21,39H2,1-5H3. The molecule has 1 atom stereocenters. The highest BCUT2D eigenvalue weighted by molar-refractivity contribution is 6.15. The molecule has 70 heavy (non-hydrogen) atoms. The van der Waals surface area contributed by atoms with Gasteiger partial charge in [0.25, 0.3) is 0 Å². The van der Waals surface area contributed by atoms with Crippen LogP contribution in [0.3, 0.4) is 0 Å². The quantitative estimate of drug-likeness (QED) is 0.135. The van der Waals surface area contributed by atoms with E-state index in [-0.39, 0.29) is 10.8 Å². The number of aromatic nitrogens is 1. The van der Waals surface area contributed by atoms with E-state index in [1.54, 1.807) is 0 Å². The summed E-state index contributed by atoms with van der Waals surface area (Å²) in [4.78, 5) is 2.47. The first kappa shape index (κ1) is 42.2. The summed E-state index contributed by atoms with van der Waals surface area (Å²) < 4.78 is 9.69. The normalized spacial score (nSPS) is 16.4. The van der Waals surface area contributed by atoms with Crippen molar-refractivity contribution in [2.45, 2.75) is 64.2 Å². The third-order valence-corrected chi connectivity index (χ3v) is 15.9. The Hall–Kier alpha value is -7.88. The van der Waals surface area contributed by atoms with Crippen LogP contribution in [-0.2, 0) is 10.8 Å². The van der Waals surface area contributed by atoms with Gasteiger partial charge >= 0.3 is 0 Å². The third-order valence-electron chi connectivity index (χ3n) is 15.9. The summed E-state index contributed by atoms with van der Waals surface area (Å²) in [6.07, 6.45) is 17.8. The molecular weight excluding hydrogens is 849 g/mol. The second-order valence-corrected chi connectivity index (χ2v) is 20.6. The van der Waals surface area contributed by atoms with E-state index >= 15 is 0 Å². The first-order chi connectivity index (χ1) is 34.2. The Balaban J connectivity index is 0.901. The Labute approximate surface area is 411 Å². The Kier molecular flexibility index (Phi) is 9.72. The van der Waals surface area contributed by atoms with Crippen LogP contribution in [0.25, 0.3) is 77.3 Å². The van der Waals surface area contributed by atoms with Gasteiger partial charge in [0.2, 0.25) is 0 Å². The van der Waals surface area contributed by atoms with E-state index in [9.17, 15) is 0 Å². The maximum atomic E-state index is 7.25. The highest BCUT2D eigenvalue weighted by Gasteiger charge is 2.37. The zero-order chi connectivity index (χ0) is 47.3. The van der Waals surface area contributed by atoms with Crippen molar-refractivity contribution in [2.24, 2.45) is 0 Å². The molecule has 0 N–H and O–H groups in total. The molecule has 3 aliphatic rings. The van der Waals surface area contributed by atoms with E-state index in [4.69, 9.17) is 4.42 Å². The van der Waals surface area contributed by atoms with Gasteiger partial charge in [-0.25, -0.2) is 0 Å². The summed E-state index contributed by atoms with van der Waals surface area (Å²) in [6, 6.07) is 61.2. The number of para-hydroxylation sites is 3. The van der Waals surface area contributed by atoms with E-state index in [0.717, 1.165) is 51.6 Å². The molecule has 0 aliphatic heterocycles. The largest absolute Gasteiger partial charge is 0.453 e. The first-order valence-corrected chi connectivity index (χ1v) is 25.1. The maximum Gasteiger partial charge on any atom is 0.159 e. The van der Waals surface area contributed by atoms with Crippen LogP contribution >= 0.6 is 0 Å². The highest BCUT2D eigenvalue weighted by atomic mass is 16.3. The lowest BCUT2D eigenvalue weighted by atomic mass is 9.82. The molecule has 2 heterocycles. The summed E-state index contributed by atoms with van der Waals surface area (Å²) >= 11 is 0. The topological polar surface area (TPSA) is 21.3 Å². The van der Waals surface area contributed by atoms with Gasteiger partial charge in [-0.2, -0.15) is 0 Å². The molecule has 1 unspecified atom stereocenters. The number of allylic oxidation sites excluding steroid dienone is 7. The van der Waals surface area contributed by atoms with Crippen molar-refractivity contribution >= 4 is 60.7 Å². The number of nitrogens with zero attached hydrogens (tertiary/aromatic N) is 2. The van der Waals surface area contributed by atoms with Crippen LogP contribution in [0.15, 0.2) is 211 Å². The molecule has 0 saturated heterocycles. The van der Waals surface area contributed by atoms with Crippen molar-refractivity contribution in [3.05, 3.63) is 240 Å². The molecule has 0 fully saturated rings. The Bertz CT molecular complexity index is 3880. The third kappa shape index (κ3) is 6.41. The van der Waals surface area contributed by atoms with Crippen LogP contribution < -0.4 is 4.90 Å². The van der Waals surface area contributed by atoms with Crippen LogP contribution in [0.2, 0.25) is 0 Å². The van der Waals surface area contributed by atoms with Crippen molar-refractivity contribution in [1.29, 1.82) is 0 Å². The molecular formula is C67H56N2O. The fourth-order valence-corrected chi connectivity index (χ4v) is 12.4. The summed E-state index contributed by atoms with van der Waals surface area (Å²) in [5, 5.41) is 4.73. The number of anilines is 2. The molecule has 0 spiro atoms. The average molecular weight is 905 g/mol. The van der Waals surface area contributed by atoms with E-state index in [2.05, 4.69) is 250 Å². The summed E-state index contributed by atoms with van der Waals surface area (Å²) in [5.41, 5.74) is 21.8. The second kappa shape index (κ2) is 16.1. The van der Waals surface area contributed by atoms with Crippen molar-refractivity contribution < 1.29 is 4.42 Å². The predicted octanol–water partition coefficient (Wildman–Crippen LogP) is 18.1. The number of fused-ring (bicyclic) bond motifs is 12. The van der Waals surface area contributed by atoms with Gasteiger partial charge in [0, 0.05) is 61.8 Å². The van der Waals surface area contributed by atoms with Gasteiger partial charge in [-0.3, -0.25) is 0 Å². The number of hydrogen-bond donors (Lipinski definition) is 0. The summed E-state index contributed by atoms with van der Waals surface area (Å²) in [6.45, 7) is 12.4. The zero-order valence-electron chi connectivity index (χ0n) is 40.6. The van der Waals surface area contributed by atoms with Crippen molar-refractivity contribution in [1.82, 2.24) is 4.57 Å². The van der Waals surface area contributed by atoms with E-state index < -0.39 is 0 Å². The molecule has 13 rings (SSSR count). The minimum Gasteiger partial charge on any atom is -0.453 e. The van der Waals surface area contributed by atoms with Crippen LogP contribution in [0.5, 0.6) is 0 Å². The van der Waals surface area contributed by atoms with Gasteiger partial charge in [0.1, 0.15) is 5.58 Å². The molecule has 0 bridgehead atoms. The fraction of sp³-hybridized carbons (Fsp3) is 0.164. The minimum absolute atomic E-state index is 0.0958. The second-order valence-electron chi connectivity index (χ2n) is 20.6. The maximum absolute atomic E-state index is 7.25. The van der Waals surface area contributed by atoms with E-state index in [1.165, 1.54) is 83.3 Å². The molecule has 0 radical (unpaired) electrons. The van der Waals surface area contributed by atoms with Crippen molar-refractivity contribution in [3.63, 3.8) is 0 Å². The van der Waals surface area contributed by atoms with E-state index in [0.29, 0.717) is 12.5 Å². The molecule has 0 amide bonds. The van der Waals surface area contributed by atoms with Gasteiger partial charge in [-0.05, 0) is 117 Å². The summed E-state index contributed by atoms with van der Waals surface area (Å²) in [5.74, 6) is 0.402. The molecule has 3 nitrogen and oxygen atoms in total. The lowest BCUT2D eigenvalue weighted by Gasteiger charge is -2.27. The molecule has 10 aromatic rings. The first-order valence-electron chi connectivity index (χ1n) is 25.1. The highest BCUT2D eigenvalue weighted by Crippen LogP contribution is 2.52. The summed E-state index contributed by atoms with van der Waals surface area (Å²) in [7, 11) is 0. The Morgan fingerprint density at radius 2 is 1.24 bits per heavy atom. The Morgan fingerprint density at radius 3 is 2.00 bits per heavy atom. The number of rotatable bonds is 9. The average Bonchev–Trinajstić information content (AvgIpc) is 4.08. The monoisotopic (exact) mass is 904 g/mol. The minimum atomic E-state index is -0.117. The molecule has 3 heteroatoms. The van der Waals surface area contributed by atoms with Crippen LogP contribution in [-0.4, -0.2) is 11.1 Å². The lowest BCUT2D eigenvalue weighted by molar-refractivity contribution is 0.660. The van der Waals surface area contributed by atoms with Crippen LogP contribution in [0.4, 0.5) is 11.4 Å². The fourth-order valence-electron chi connectivity index (χ4n) is 12.4. The van der Waals surface area contributed by atoms with Gasteiger partial charge in [0.15, 0.2) is 5.58 Å². The van der Waals surface area contributed by atoms with Gasteiger partial charge < -0.3 is 13.9 Å². The van der Waals surface area contributed by atoms with E-state index in [1.807, 2.05) is 0 Å². The van der Waals surface area contributed by atoms with Gasteiger partial charge in [-0.1, -0.05) is 192 Å².